The van der Waals surface area contributed by atoms with Crippen LogP contribution < -0.4 is 0 Å². The van der Waals surface area contributed by atoms with E-state index in [1.807, 2.05) is 0 Å². The number of ketones is 1. The third-order valence-corrected chi connectivity index (χ3v) is 3.95. The molecule has 3 nitrogen and oxygen atoms in total. The van der Waals surface area contributed by atoms with Gasteiger partial charge in [-0.05, 0) is 55.3 Å². The summed E-state index contributed by atoms with van der Waals surface area (Å²) in [6.07, 6.45) is 2.56. The van der Waals surface area contributed by atoms with Gasteiger partial charge in [-0.15, -0.1) is 0 Å². The number of phenolic OH excluding ortho intramolecular Hbond substituents is 1. The van der Waals surface area contributed by atoms with Crippen molar-refractivity contribution in [2.75, 3.05) is 13.2 Å². The number of carbonyl (C=O) groups excluding carboxylic acids is 1. The number of ether oxygens (including phenoxy) is 1. The Labute approximate surface area is 143 Å². The average molecular weight is 384 g/mol. The summed E-state index contributed by atoms with van der Waals surface area (Å²) in [4.78, 5) is 12.1. The van der Waals surface area contributed by atoms with Crippen molar-refractivity contribution in [1.82, 2.24) is 0 Å². The molecule has 0 radical (unpaired) electrons. The Morgan fingerprint density at radius 2 is 1.73 bits per heavy atom. The predicted octanol–water partition coefficient (Wildman–Crippen LogP) is 4.84. The maximum absolute atomic E-state index is 12.1. The molecule has 0 aliphatic carbocycles. The van der Waals surface area contributed by atoms with Crippen molar-refractivity contribution in [1.29, 1.82) is 0 Å². The topological polar surface area (TPSA) is 46.5 Å². The van der Waals surface area contributed by atoms with Crippen molar-refractivity contribution in [2.24, 2.45) is 0 Å². The summed E-state index contributed by atoms with van der Waals surface area (Å²) in [6, 6.07) is 11.2. The van der Waals surface area contributed by atoms with Crippen molar-refractivity contribution in [3.8, 4) is 5.75 Å². The highest BCUT2D eigenvalue weighted by Crippen LogP contribution is 2.24. The van der Waals surface area contributed by atoms with Crippen LogP contribution in [0.15, 0.2) is 46.9 Å². The molecule has 116 valence electrons. The Bertz CT molecular complexity index is 629. The summed E-state index contributed by atoms with van der Waals surface area (Å²) in [6.45, 7) is 2.00. The van der Waals surface area contributed by atoms with Crippen LogP contribution in [0.2, 0.25) is 5.02 Å². The van der Waals surface area contributed by atoms with Gasteiger partial charge in [0.05, 0.1) is 5.02 Å². The molecule has 0 aromatic heterocycles. The van der Waals surface area contributed by atoms with Crippen LogP contribution in [0.4, 0.5) is 0 Å². The quantitative estimate of drug-likeness (QED) is 0.755. The molecule has 1 fully saturated rings. The van der Waals surface area contributed by atoms with Crippen molar-refractivity contribution in [3.05, 3.63) is 63.1 Å². The number of carbonyl (C=O) groups is 1. The molecule has 1 aliphatic rings. The highest BCUT2D eigenvalue weighted by Gasteiger charge is 2.13. The van der Waals surface area contributed by atoms with Crippen LogP contribution in [-0.4, -0.2) is 24.1 Å². The molecule has 0 amide bonds. The molecule has 5 heteroatoms. The maximum Gasteiger partial charge on any atom is 0.194 e. The Kier molecular flexibility index (Phi) is 6.43. The molecular formula is C17H16BrClO3. The molecular weight excluding hydrogens is 368 g/mol. The molecule has 1 aliphatic heterocycles. The number of halogens is 2. The van der Waals surface area contributed by atoms with Crippen LogP contribution in [0, 0.1) is 0 Å². The summed E-state index contributed by atoms with van der Waals surface area (Å²) in [5.74, 6) is -0.0433. The molecule has 0 unspecified atom stereocenters. The first kappa shape index (κ1) is 17.0. The van der Waals surface area contributed by atoms with Gasteiger partial charge in [-0.25, -0.2) is 0 Å². The van der Waals surface area contributed by atoms with E-state index in [1.165, 1.54) is 25.0 Å². The predicted molar refractivity (Wildman–Crippen MR) is 90.7 cm³/mol. The molecule has 3 rings (SSSR count). The van der Waals surface area contributed by atoms with Crippen molar-refractivity contribution in [2.45, 2.75) is 12.8 Å². The van der Waals surface area contributed by atoms with Gasteiger partial charge in [-0.1, -0.05) is 27.5 Å². The van der Waals surface area contributed by atoms with Gasteiger partial charge in [0, 0.05) is 28.8 Å². The first-order chi connectivity index (χ1) is 10.6. The van der Waals surface area contributed by atoms with E-state index in [9.17, 15) is 4.79 Å². The van der Waals surface area contributed by atoms with Gasteiger partial charge in [-0.3, -0.25) is 4.79 Å². The van der Waals surface area contributed by atoms with Crippen LogP contribution >= 0.6 is 27.5 Å². The second kappa shape index (κ2) is 8.32. The van der Waals surface area contributed by atoms with Gasteiger partial charge < -0.3 is 9.84 Å². The van der Waals surface area contributed by atoms with Crippen molar-refractivity contribution in [3.63, 3.8) is 0 Å². The normalized spacial score (nSPS) is 13.4. The second-order valence-electron chi connectivity index (χ2n) is 4.82. The monoisotopic (exact) mass is 382 g/mol. The Balaban J connectivity index is 0.000000299. The lowest BCUT2D eigenvalue weighted by Gasteiger charge is -2.04. The zero-order chi connectivity index (χ0) is 15.9. The summed E-state index contributed by atoms with van der Waals surface area (Å²) in [7, 11) is 0. The molecule has 22 heavy (non-hydrogen) atoms. The fraction of sp³-hybridized carbons (Fsp3) is 0.235. The minimum atomic E-state index is -0.170. The van der Waals surface area contributed by atoms with Crippen LogP contribution in [0.1, 0.15) is 28.8 Å². The van der Waals surface area contributed by atoms with E-state index in [4.69, 9.17) is 21.4 Å². The van der Waals surface area contributed by atoms with Gasteiger partial charge in [0.2, 0.25) is 0 Å². The van der Waals surface area contributed by atoms with E-state index in [2.05, 4.69) is 15.9 Å². The van der Waals surface area contributed by atoms with Gasteiger partial charge in [-0.2, -0.15) is 0 Å². The van der Waals surface area contributed by atoms with Gasteiger partial charge in [0.25, 0.3) is 0 Å². The molecule has 0 spiro atoms. The summed E-state index contributed by atoms with van der Waals surface area (Å²) >= 11 is 9.28. The van der Waals surface area contributed by atoms with Crippen LogP contribution in [0.5, 0.6) is 5.75 Å². The molecule has 1 heterocycles. The average Bonchev–Trinajstić information content (AvgIpc) is 3.09. The second-order valence-corrected chi connectivity index (χ2v) is 6.14. The minimum Gasteiger partial charge on any atom is -0.508 e. The lowest BCUT2D eigenvalue weighted by molar-refractivity contribution is 0.103. The van der Waals surface area contributed by atoms with Crippen molar-refractivity contribution < 1.29 is 14.6 Å². The fourth-order valence-electron chi connectivity index (χ4n) is 1.95. The standard InChI is InChI=1S/C13H8BrClO2.C4H8O/c14-9-3-6-12(15)11(7-9)13(17)8-1-4-10(16)5-2-8;1-2-4-5-3-1/h1-7,16H;1-4H2. The molecule has 0 bridgehead atoms. The SMILES string of the molecule is C1CCOC1.O=C(c1ccc(O)cc1)c1cc(Br)ccc1Cl. The van der Waals surface area contributed by atoms with Gasteiger partial charge in [0.15, 0.2) is 5.78 Å². The third-order valence-electron chi connectivity index (χ3n) is 3.13. The lowest BCUT2D eigenvalue weighted by atomic mass is 10.0. The molecule has 0 saturated carbocycles. The zero-order valence-electron chi connectivity index (χ0n) is 11.9. The van der Waals surface area contributed by atoms with Crippen LogP contribution in [-0.2, 0) is 4.74 Å². The van der Waals surface area contributed by atoms with Crippen LogP contribution in [0.25, 0.3) is 0 Å². The first-order valence-corrected chi connectivity index (χ1v) is 8.11. The number of rotatable bonds is 2. The number of aromatic hydroxyl groups is 1. The summed E-state index contributed by atoms with van der Waals surface area (Å²) < 4.78 is 5.74. The van der Waals surface area contributed by atoms with Gasteiger partial charge in [0.1, 0.15) is 5.75 Å². The van der Waals surface area contributed by atoms with Crippen molar-refractivity contribution >= 4 is 33.3 Å². The summed E-state index contributed by atoms with van der Waals surface area (Å²) in [5, 5.41) is 9.57. The molecule has 0 atom stereocenters. The number of hydrogen-bond donors (Lipinski definition) is 1. The minimum absolute atomic E-state index is 0.127. The van der Waals surface area contributed by atoms with E-state index in [-0.39, 0.29) is 11.5 Å². The molecule has 1 saturated heterocycles. The van der Waals surface area contributed by atoms with E-state index in [0.717, 1.165) is 17.7 Å². The Morgan fingerprint density at radius 1 is 1.09 bits per heavy atom. The van der Waals surface area contributed by atoms with E-state index in [1.54, 1.807) is 30.3 Å². The molecule has 1 N–H and O–H groups in total. The molecule has 2 aromatic carbocycles. The van der Waals surface area contributed by atoms with E-state index in [0.29, 0.717) is 16.1 Å². The lowest BCUT2D eigenvalue weighted by Crippen LogP contribution is -2.01. The Hall–Kier alpha value is -1.36. The fourth-order valence-corrected chi connectivity index (χ4v) is 2.51. The van der Waals surface area contributed by atoms with Crippen LogP contribution in [0.3, 0.4) is 0 Å². The summed E-state index contributed by atoms with van der Waals surface area (Å²) in [5.41, 5.74) is 0.925. The largest absolute Gasteiger partial charge is 0.508 e. The third kappa shape index (κ3) is 4.83. The molecule has 2 aromatic rings. The number of benzene rings is 2. The zero-order valence-corrected chi connectivity index (χ0v) is 14.2. The number of phenols is 1. The number of hydrogen-bond acceptors (Lipinski definition) is 3. The van der Waals surface area contributed by atoms with E-state index < -0.39 is 0 Å². The first-order valence-electron chi connectivity index (χ1n) is 6.94. The Morgan fingerprint density at radius 3 is 2.27 bits per heavy atom. The highest BCUT2D eigenvalue weighted by molar-refractivity contribution is 9.10. The van der Waals surface area contributed by atoms with E-state index >= 15 is 0 Å². The maximum atomic E-state index is 12.1. The smallest absolute Gasteiger partial charge is 0.194 e. The van der Waals surface area contributed by atoms with Gasteiger partial charge >= 0.3 is 0 Å². The highest BCUT2D eigenvalue weighted by atomic mass is 79.9.